The zero-order valence-corrected chi connectivity index (χ0v) is 12.4. The van der Waals surface area contributed by atoms with E-state index in [-0.39, 0.29) is 11.5 Å². The summed E-state index contributed by atoms with van der Waals surface area (Å²) in [6.45, 7) is 2.32. The van der Waals surface area contributed by atoms with E-state index in [1.807, 2.05) is 55.5 Å². The van der Waals surface area contributed by atoms with Crippen molar-refractivity contribution in [3.05, 3.63) is 70.8 Å². The van der Waals surface area contributed by atoms with E-state index in [1.54, 1.807) is 0 Å². The number of rotatable bonds is 5. The van der Waals surface area contributed by atoms with Gasteiger partial charge in [-0.1, -0.05) is 54.1 Å². The fraction of sp³-hybridized carbons (Fsp3) is 0.250. The second-order valence-electron chi connectivity index (χ2n) is 4.99. The van der Waals surface area contributed by atoms with Gasteiger partial charge in [0.15, 0.2) is 9.84 Å². The highest BCUT2D eigenvalue weighted by Crippen LogP contribution is 2.16. The highest BCUT2D eigenvalue weighted by atomic mass is 32.2. The van der Waals surface area contributed by atoms with Crippen LogP contribution in [0.2, 0.25) is 0 Å². The van der Waals surface area contributed by atoms with Crippen LogP contribution in [0.1, 0.15) is 22.3 Å². The third-order valence-corrected chi connectivity index (χ3v) is 4.71. The monoisotopic (exact) mass is 289 g/mol. The van der Waals surface area contributed by atoms with Crippen LogP contribution in [0, 0.1) is 6.92 Å². The zero-order valence-electron chi connectivity index (χ0n) is 11.5. The Morgan fingerprint density at radius 1 is 0.950 bits per heavy atom. The summed E-state index contributed by atoms with van der Waals surface area (Å²) in [6, 6.07) is 15.0. The van der Waals surface area contributed by atoms with Gasteiger partial charge in [0.25, 0.3) is 0 Å². The third-order valence-electron chi connectivity index (χ3n) is 3.18. The molecule has 4 heteroatoms. The van der Waals surface area contributed by atoms with E-state index in [0.717, 1.165) is 22.3 Å². The number of hydrogen-bond donors (Lipinski definition) is 1. The van der Waals surface area contributed by atoms with Crippen LogP contribution in [0.5, 0.6) is 0 Å². The van der Waals surface area contributed by atoms with Crippen molar-refractivity contribution in [3.63, 3.8) is 0 Å². The lowest BCUT2D eigenvalue weighted by Gasteiger charge is -2.09. The lowest BCUT2D eigenvalue weighted by Crippen LogP contribution is -2.10. The molecule has 0 heterocycles. The van der Waals surface area contributed by atoms with Gasteiger partial charge in [0.2, 0.25) is 0 Å². The van der Waals surface area contributed by atoms with Crippen LogP contribution in [-0.4, -0.2) is 8.42 Å². The second kappa shape index (κ2) is 6.20. The molecule has 0 aliphatic carbocycles. The first-order valence-electron chi connectivity index (χ1n) is 6.53. The van der Waals surface area contributed by atoms with Crippen molar-refractivity contribution in [2.24, 2.45) is 5.73 Å². The molecule has 0 atom stereocenters. The van der Waals surface area contributed by atoms with E-state index >= 15 is 0 Å². The van der Waals surface area contributed by atoms with Crippen molar-refractivity contribution in [3.8, 4) is 0 Å². The molecule has 2 aromatic carbocycles. The van der Waals surface area contributed by atoms with Gasteiger partial charge in [-0.25, -0.2) is 8.42 Å². The topological polar surface area (TPSA) is 60.2 Å². The summed E-state index contributed by atoms with van der Waals surface area (Å²) < 4.78 is 24.6. The van der Waals surface area contributed by atoms with E-state index in [2.05, 4.69) is 0 Å². The lowest BCUT2D eigenvalue weighted by atomic mass is 10.1. The van der Waals surface area contributed by atoms with Gasteiger partial charge in [0, 0.05) is 6.54 Å². The summed E-state index contributed by atoms with van der Waals surface area (Å²) in [4.78, 5) is 0. The summed E-state index contributed by atoms with van der Waals surface area (Å²) in [5, 5.41) is 0. The maximum Gasteiger partial charge on any atom is 0.158 e. The van der Waals surface area contributed by atoms with Gasteiger partial charge >= 0.3 is 0 Å². The normalized spacial score (nSPS) is 11.5. The molecule has 106 valence electrons. The fourth-order valence-corrected chi connectivity index (χ4v) is 3.79. The minimum atomic E-state index is -3.19. The number of hydrogen-bond acceptors (Lipinski definition) is 3. The first kappa shape index (κ1) is 14.8. The van der Waals surface area contributed by atoms with Crippen molar-refractivity contribution < 1.29 is 8.42 Å². The Morgan fingerprint density at radius 3 is 2.30 bits per heavy atom. The predicted molar refractivity (Wildman–Crippen MR) is 81.8 cm³/mol. The summed E-state index contributed by atoms with van der Waals surface area (Å²) >= 11 is 0. The number of aryl methyl sites for hydroxylation is 1. The zero-order chi connectivity index (χ0) is 14.6. The summed E-state index contributed by atoms with van der Waals surface area (Å²) in [5.41, 5.74) is 9.23. The van der Waals surface area contributed by atoms with E-state index in [9.17, 15) is 8.42 Å². The van der Waals surface area contributed by atoms with Crippen LogP contribution in [0.4, 0.5) is 0 Å². The van der Waals surface area contributed by atoms with Crippen LogP contribution in [0.3, 0.4) is 0 Å². The molecule has 2 aromatic rings. The second-order valence-corrected chi connectivity index (χ2v) is 7.06. The summed E-state index contributed by atoms with van der Waals surface area (Å²) in [6.07, 6.45) is 0. The fourth-order valence-electron chi connectivity index (χ4n) is 2.24. The van der Waals surface area contributed by atoms with E-state index in [1.165, 1.54) is 0 Å². The van der Waals surface area contributed by atoms with Crippen LogP contribution in [-0.2, 0) is 27.9 Å². The molecular formula is C16H19NO2S. The summed E-state index contributed by atoms with van der Waals surface area (Å²) in [5.74, 6) is 0.0991. The van der Waals surface area contributed by atoms with Crippen LogP contribution < -0.4 is 5.73 Å². The molecular weight excluding hydrogens is 270 g/mol. The number of nitrogens with two attached hydrogens (primary N) is 1. The smallest absolute Gasteiger partial charge is 0.158 e. The molecule has 0 saturated carbocycles. The standard InChI is InChI=1S/C16H19NO2S/c1-13-5-4-6-14(9-13)11-20(18,19)12-16-8-3-2-7-15(16)10-17/h2-9H,10-12,17H2,1H3. The van der Waals surface area contributed by atoms with Gasteiger partial charge < -0.3 is 5.73 Å². The van der Waals surface area contributed by atoms with Crippen molar-refractivity contribution in [1.29, 1.82) is 0 Å². The highest BCUT2D eigenvalue weighted by molar-refractivity contribution is 7.89. The van der Waals surface area contributed by atoms with Crippen LogP contribution >= 0.6 is 0 Å². The molecule has 0 spiro atoms. The average molecular weight is 289 g/mol. The van der Waals surface area contributed by atoms with E-state index in [0.29, 0.717) is 6.54 Å². The first-order chi connectivity index (χ1) is 9.50. The third kappa shape index (κ3) is 3.92. The average Bonchev–Trinajstić information content (AvgIpc) is 2.38. The molecule has 0 aliphatic heterocycles. The highest BCUT2D eigenvalue weighted by Gasteiger charge is 2.15. The predicted octanol–water partition coefficient (Wildman–Crippen LogP) is 2.57. The molecule has 0 bridgehead atoms. The molecule has 20 heavy (non-hydrogen) atoms. The van der Waals surface area contributed by atoms with Crippen LogP contribution in [0.25, 0.3) is 0 Å². The Balaban J connectivity index is 2.19. The van der Waals surface area contributed by atoms with Gasteiger partial charge in [0.1, 0.15) is 0 Å². The Labute approximate surface area is 120 Å². The Kier molecular flexibility index (Phi) is 4.57. The van der Waals surface area contributed by atoms with Crippen molar-refractivity contribution in [1.82, 2.24) is 0 Å². The summed E-state index contributed by atoms with van der Waals surface area (Å²) in [7, 11) is -3.19. The molecule has 3 nitrogen and oxygen atoms in total. The van der Waals surface area contributed by atoms with Crippen molar-refractivity contribution in [2.45, 2.75) is 25.0 Å². The molecule has 0 fully saturated rings. The van der Waals surface area contributed by atoms with Gasteiger partial charge in [-0.3, -0.25) is 0 Å². The maximum atomic E-state index is 12.3. The van der Waals surface area contributed by atoms with E-state index < -0.39 is 9.84 Å². The Bertz CT molecular complexity index is 693. The maximum absolute atomic E-state index is 12.3. The number of sulfone groups is 1. The SMILES string of the molecule is Cc1cccc(CS(=O)(=O)Cc2ccccc2CN)c1. The van der Waals surface area contributed by atoms with Gasteiger partial charge in [-0.15, -0.1) is 0 Å². The molecule has 0 saturated heterocycles. The minimum absolute atomic E-state index is 0.0360. The largest absolute Gasteiger partial charge is 0.326 e. The lowest BCUT2D eigenvalue weighted by molar-refractivity contribution is 0.594. The molecule has 0 aromatic heterocycles. The molecule has 0 amide bonds. The molecule has 0 radical (unpaired) electrons. The molecule has 0 aliphatic rings. The van der Waals surface area contributed by atoms with Gasteiger partial charge in [0.05, 0.1) is 11.5 Å². The van der Waals surface area contributed by atoms with Crippen molar-refractivity contribution in [2.75, 3.05) is 0 Å². The quantitative estimate of drug-likeness (QED) is 0.920. The van der Waals surface area contributed by atoms with Gasteiger partial charge in [-0.2, -0.15) is 0 Å². The van der Waals surface area contributed by atoms with Gasteiger partial charge in [-0.05, 0) is 23.6 Å². The number of benzene rings is 2. The first-order valence-corrected chi connectivity index (χ1v) is 8.35. The minimum Gasteiger partial charge on any atom is -0.326 e. The Hall–Kier alpha value is -1.65. The molecule has 2 N–H and O–H groups in total. The van der Waals surface area contributed by atoms with E-state index in [4.69, 9.17) is 5.73 Å². The van der Waals surface area contributed by atoms with Crippen LogP contribution in [0.15, 0.2) is 48.5 Å². The molecule has 2 rings (SSSR count). The Morgan fingerprint density at radius 2 is 1.65 bits per heavy atom. The van der Waals surface area contributed by atoms with Crippen molar-refractivity contribution >= 4 is 9.84 Å². The molecule has 0 unspecified atom stereocenters.